The monoisotopic (exact) mass is 566 g/mol. The lowest BCUT2D eigenvalue weighted by atomic mass is 9.98. The molecule has 39 heavy (non-hydrogen) atoms. The quantitative estimate of drug-likeness (QED) is 0.230. The Labute approximate surface area is 224 Å². The third-order valence-corrected chi connectivity index (χ3v) is 7.64. The van der Waals surface area contributed by atoms with E-state index >= 15 is 4.39 Å². The van der Waals surface area contributed by atoms with Crippen LogP contribution in [0.1, 0.15) is 33.9 Å². The number of aromatic nitrogens is 4. The summed E-state index contributed by atoms with van der Waals surface area (Å²) in [4.78, 5) is 24.9. The van der Waals surface area contributed by atoms with E-state index in [-0.39, 0.29) is 11.4 Å². The van der Waals surface area contributed by atoms with Gasteiger partial charge in [0.2, 0.25) is 0 Å². The van der Waals surface area contributed by atoms with Crippen molar-refractivity contribution in [3.8, 4) is 5.75 Å². The van der Waals surface area contributed by atoms with Crippen LogP contribution >= 0.6 is 7.75 Å². The smallest absolute Gasteiger partial charge is 0.459 e. The van der Waals surface area contributed by atoms with Gasteiger partial charge in [0, 0.05) is 7.05 Å². The van der Waals surface area contributed by atoms with Gasteiger partial charge in [-0.05, 0) is 39.8 Å². The molecule has 0 amide bonds. The number of halogens is 1. The standard InChI is InChI=1S/C24H32FN6O7P/c1-14(2)36-22(33)15(3)30-39(34,38-16-9-7-6-8-10-16)35-11-17-19(32)24(4,25)23(37-17)31-13-29-18-20(26-5)27-12-28-21(18)31/h6-10,12-15,17,19,23,32H,11H2,1-5H3,(H,30,34)(H,26,27,28)/t15-,17+,19+,23+,24+,39-/m0/s1. The van der Waals surface area contributed by atoms with Crippen molar-refractivity contribution in [1.29, 1.82) is 0 Å². The summed E-state index contributed by atoms with van der Waals surface area (Å²) in [5.41, 5.74) is -1.63. The molecule has 1 saturated heterocycles. The number of aliphatic hydroxyl groups is 1. The van der Waals surface area contributed by atoms with Gasteiger partial charge in [-0.15, -0.1) is 0 Å². The number of ether oxygens (including phenoxy) is 2. The van der Waals surface area contributed by atoms with E-state index in [2.05, 4.69) is 25.4 Å². The molecule has 0 aliphatic carbocycles. The molecule has 0 radical (unpaired) electrons. The second-order valence-electron chi connectivity index (χ2n) is 9.45. The fraction of sp³-hybridized carbons (Fsp3) is 0.500. The largest absolute Gasteiger partial charge is 0.462 e. The van der Waals surface area contributed by atoms with Crippen LogP contribution in [0.25, 0.3) is 11.2 Å². The number of fused-ring (bicyclic) bond motifs is 1. The van der Waals surface area contributed by atoms with Crippen molar-refractivity contribution in [2.24, 2.45) is 0 Å². The van der Waals surface area contributed by atoms with Gasteiger partial charge in [-0.25, -0.2) is 23.9 Å². The Morgan fingerprint density at radius 3 is 2.64 bits per heavy atom. The highest BCUT2D eigenvalue weighted by Crippen LogP contribution is 2.48. The molecule has 0 spiro atoms. The van der Waals surface area contributed by atoms with Crippen molar-refractivity contribution in [1.82, 2.24) is 24.6 Å². The molecule has 6 atom stereocenters. The van der Waals surface area contributed by atoms with Gasteiger partial charge >= 0.3 is 13.7 Å². The zero-order valence-electron chi connectivity index (χ0n) is 22.1. The zero-order chi connectivity index (χ0) is 28.4. The van der Waals surface area contributed by atoms with Crippen molar-refractivity contribution in [2.75, 3.05) is 19.0 Å². The van der Waals surface area contributed by atoms with Crippen LogP contribution in [0.2, 0.25) is 0 Å². The zero-order valence-corrected chi connectivity index (χ0v) is 23.0. The van der Waals surface area contributed by atoms with E-state index in [4.69, 9.17) is 18.5 Å². The number of anilines is 1. The minimum atomic E-state index is -4.26. The molecule has 3 aromatic rings. The van der Waals surface area contributed by atoms with Crippen LogP contribution < -0.4 is 14.9 Å². The number of carbonyl (C=O) groups is 1. The van der Waals surface area contributed by atoms with Crippen LogP contribution in [0.15, 0.2) is 43.0 Å². The predicted octanol–water partition coefficient (Wildman–Crippen LogP) is 2.99. The number of esters is 1. The summed E-state index contributed by atoms with van der Waals surface area (Å²) in [6.45, 7) is 5.44. The Hall–Kier alpha value is -3.16. The maximum absolute atomic E-state index is 15.9. The van der Waals surface area contributed by atoms with Gasteiger partial charge in [-0.3, -0.25) is 13.9 Å². The highest BCUT2D eigenvalue weighted by atomic mass is 31.2. The molecule has 1 aliphatic rings. The molecule has 212 valence electrons. The van der Waals surface area contributed by atoms with Gasteiger partial charge < -0.3 is 24.4 Å². The molecule has 0 saturated carbocycles. The number of aliphatic hydroxyl groups excluding tert-OH is 1. The van der Waals surface area contributed by atoms with Gasteiger partial charge in [-0.1, -0.05) is 18.2 Å². The molecular formula is C24H32FN6O7P. The minimum Gasteiger partial charge on any atom is -0.462 e. The molecule has 4 rings (SSSR count). The molecule has 3 heterocycles. The number of hydrogen-bond acceptors (Lipinski definition) is 11. The van der Waals surface area contributed by atoms with Crippen molar-refractivity contribution >= 4 is 30.7 Å². The number of nitrogens with zero attached hydrogens (tertiary/aromatic N) is 4. The van der Waals surface area contributed by atoms with Crippen molar-refractivity contribution in [3.63, 3.8) is 0 Å². The number of rotatable bonds is 11. The lowest BCUT2D eigenvalue weighted by molar-refractivity contribution is -0.149. The van der Waals surface area contributed by atoms with Gasteiger partial charge in [0.1, 0.15) is 35.8 Å². The summed E-state index contributed by atoms with van der Waals surface area (Å²) < 4.78 is 53.2. The number of para-hydroxylation sites is 1. The average molecular weight is 567 g/mol. The molecular weight excluding hydrogens is 534 g/mol. The van der Waals surface area contributed by atoms with Crippen LogP contribution in [-0.4, -0.2) is 74.3 Å². The Kier molecular flexibility index (Phi) is 8.52. The number of carbonyl (C=O) groups excluding carboxylic acids is 1. The third kappa shape index (κ3) is 6.20. The summed E-state index contributed by atoms with van der Waals surface area (Å²) in [5, 5.41) is 16.3. The highest BCUT2D eigenvalue weighted by Gasteiger charge is 2.56. The van der Waals surface area contributed by atoms with E-state index < -0.39 is 56.6 Å². The Morgan fingerprint density at radius 1 is 1.26 bits per heavy atom. The molecule has 1 aliphatic heterocycles. The van der Waals surface area contributed by atoms with E-state index in [1.54, 1.807) is 51.2 Å². The van der Waals surface area contributed by atoms with E-state index in [0.717, 1.165) is 0 Å². The van der Waals surface area contributed by atoms with Gasteiger partial charge in [0.05, 0.1) is 19.0 Å². The molecule has 2 aromatic heterocycles. The Morgan fingerprint density at radius 2 is 1.97 bits per heavy atom. The predicted molar refractivity (Wildman–Crippen MR) is 139 cm³/mol. The second-order valence-corrected chi connectivity index (χ2v) is 11.1. The minimum absolute atomic E-state index is 0.198. The van der Waals surface area contributed by atoms with Crippen molar-refractivity contribution in [2.45, 2.75) is 63.9 Å². The molecule has 3 N–H and O–H groups in total. The van der Waals surface area contributed by atoms with Gasteiger partial charge in [-0.2, -0.15) is 5.09 Å². The first-order chi connectivity index (χ1) is 18.4. The summed E-state index contributed by atoms with van der Waals surface area (Å²) in [5.74, 6) is -0.0364. The molecule has 0 unspecified atom stereocenters. The molecule has 1 aromatic carbocycles. The molecule has 1 fully saturated rings. The van der Waals surface area contributed by atoms with E-state index in [1.165, 1.54) is 31.1 Å². The topological polar surface area (TPSA) is 159 Å². The number of hydrogen-bond donors (Lipinski definition) is 3. The average Bonchev–Trinajstić information content (AvgIpc) is 3.41. The third-order valence-electron chi connectivity index (χ3n) is 6.00. The summed E-state index contributed by atoms with van der Waals surface area (Å²) in [6, 6.07) is 7.10. The summed E-state index contributed by atoms with van der Waals surface area (Å²) in [6.07, 6.45) is -2.05. The lowest BCUT2D eigenvalue weighted by Crippen LogP contribution is -2.41. The normalized spacial score (nSPS) is 25.4. The fourth-order valence-electron chi connectivity index (χ4n) is 4.06. The molecule has 0 bridgehead atoms. The SMILES string of the molecule is CNc1ncnc2c1ncn2[C@@H]1O[C@H](CO[P@@](=O)(N[C@@H](C)C(=O)OC(C)C)Oc2ccccc2)[C@@H](O)[C@@]1(C)F. The molecule has 15 heteroatoms. The maximum atomic E-state index is 15.9. The first kappa shape index (κ1) is 28.8. The van der Waals surface area contributed by atoms with E-state index in [1.807, 2.05) is 0 Å². The number of benzene rings is 1. The maximum Gasteiger partial charge on any atom is 0.459 e. The number of alkyl halides is 1. The highest BCUT2D eigenvalue weighted by molar-refractivity contribution is 7.52. The summed E-state index contributed by atoms with van der Waals surface area (Å²) >= 11 is 0. The van der Waals surface area contributed by atoms with Crippen molar-refractivity contribution in [3.05, 3.63) is 43.0 Å². The van der Waals surface area contributed by atoms with Crippen LogP contribution in [0, 0.1) is 0 Å². The van der Waals surface area contributed by atoms with E-state index in [0.29, 0.717) is 11.3 Å². The van der Waals surface area contributed by atoms with Gasteiger partial charge in [0.25, 0.3) is 0 Å². The van der Waals surface area contributed by atoms with Crippen LogP contribution in [0.5, 0.6) is 5.75 Å². The number of nitrogens with one attached hydrogen (secondary N) is 2. The van der Waals surface area contributed by atoms with Crippen LogP contribution in [-0.2, 0) is 23.4 Å². The van der Waals surface area contributed by atoms with E-state index in [9.17, 15) is 14.5 Å². The summed E-state index contributed by atoms with van der Waals surface area (Å²) in [7, 11) is -2.59. The fourth-order valence-corrected chi connectivity index (χ4v) is 5.57. The first-order valence-electron chi connectivity index (χ1n) is 12.3. The Balaban J connectivity index is 1.54. The van der Waals surface area contributed by atoms with Crippen LogP contribution in [0.4, 0.5) is 10.2 Å². The molecule has 13 nitrogen and oxygen atoms in total. The first-order valence-corrected chi connectivity index (χ1v) is 13.8. The van der Waals surface area contributed by atoms with Gasteiger partial charge in [0.15, 0.2) is 23.4 Å². The van der Waals surface area contributed by atoms with Crippen molar-refractivity contribution < 1.29 is 37.4 Å². The second kappa shape index (κ2) is 11.5. The lowest BCUT2D eigenvalue weighted by Gasteiger charge is -2.25. The van der Waals surface area contributed by atoms with Crippen LogP contribution in [0.3, 0.4) is 0 Å². The Bertz CT molecular complexity index is 1340. The number of imidazole rings is 1.